The van der Waals surface area contributed by atoms with Gasteiger partial charge < -0.3 is 15.0 Å². The van der Waals surface area contributed by atoms with E-state index in [9.17, 15) is 4.39 Å². The number of thiophene rings is 1. The number of aromatic nitrogens is 3. The van der Waals surface area contributed by atoms with E-state index >= 15 is 8.78 Å². The van der Waals surface area contributed by atoms with Gasteiger partial charge in [-0.05, 0) is 44.4 Å². The lowest BCUT2D eigenvalue weighted by molar-refractivity contribution is 0.107. The van der Waals surface area contributed by atoms with Gasteiger partial charge in [0.1, 0.15) is 29.9 Å². The average Bonchev–Trinajstić information content (AvgIpc) is 3.73. The number of nitrogens with zero attached hydrogens (tertiary/aromatic N) is 5. The molecule has 8 rings (SSSR count). The molecule has 4 aliphatic rings. The minimum absolute atomic E-state index is 0.00869. The van der Waals surface area contributed by atoms with Crippen LogP contribution in [-0.4, -0.2) is 76.4 Å². The third kappa shape index (κ3) is 4.07. The van der Waals surface area contributed by atoms with Crippen molar-refractivity contribution in [3.8, 4) is 29.6 Å². The number of hydrogen-bond donors (Lipinski definition) is 1. The zero-order valence-electron chi connectivity index (χ0n) is 22.9. The lowest BCUT2D eigenvalue weighted by Crippen LogP contribution is -2.51. The first-order chi connectivity index (χ1) is 20.4. The number of rotatable bonds is 5. The highest BCUT2D eigenvalue weighted by atomic mass is 32.1. The largest absolute Gasteiger partial charge is 0.461 e. The number of nitrogens with one attached hydrogen (secondary N) is 1. The molecule has 0 spiro atoms. The molecular weight excluding hydrogens is 561 g/mol. The van der Waals surface area contributed by atoms with Crippen LogP contribution in [-0.2, 0) is 0 Å². The summed E-state index contributed by atoms with van der Waals surface area (Å²) in [6.45, 7) is 2.76. The van der Waals surface area contributed by atoms with Gasteiger partial charge in [0.05, 0.1) is 16.8 Å². The van der Waals surface area contributed by atoms with Gasteiger partial charge in [0.2, 0.25) is 0 Å². The second-order valence-corrected chi connectivity index (χ2v) is 12.9. The van der Waals surface area contributed by atoms with Crippen molar-refractivity contribution < 1.29 is 17.9 Å². The van der Waals surface area contributed by atoms with Crippen LogP contribution in [0.5, 0.6) is 6.01 Å². The molecular formula is C31H29F3N6OS. The lowest BCUT2D eigenvalue weighted by Gasteiger charge is -2.34. The monoisotopic (exact) mass is 590 g/mol. The zero-order valence-corrected chi connectivity index (χ0v) is 23.7. The molecule has 0 radical (unpaired) electrons. The molecule has 7 nitrogen and oxygen atoms in total. The van der Waals surface area contributed by atoms with Crippen molar-refractivity contribution in [1.29, 1.82) is 0 Å². The fourth-order valence-electron chi connectivity index (χ4n) is 7.58. The van der Waals surface area contributed by atoms with Gasteiger partial charge >= 0.3 is 6.01 Å². The molecule has 4 fully saturated rings. The molecule has 0 aliphatic carbocycles. The smallest absolute Gasteiger partial charge is 0.319 e. The first-order valence-electron chi connectivity index (χ1n) is 14.5. The summed E-state index contributed by atoms with van der Waals surface area (Å²) < 4.78 is 54.0. The standard InChI is InChI=1S/C31H29F3N6OS/c1-2-17-15-42-23-6-8-35-28(24(17)23)25-22(33)10-21-27(26(25)34)37-30(38-29(21)39-13-19-4-5-20(14-39)36-19)41-16-31-7-3-9-40(31)12-18(32)11-31/h1,6,8,10,15,18-20,36H,3-5,7,9,11-14,16H2/t18-,19?,20?,31+/m1/s1. The highest BCUT2D eigenvalue weighted by Crippen LogP contribution is 2.42. The van der Waals surface area contributed by atoms with E-state index in [4.69, 9.17) is 16.1 Å². The number of ether oxygens (including phenoxy) is 1. The summed E-state index contributed by atoms with van der Waals surface area (Å²) >= 11 is 1.40. The topological polar surface area (TPSA) is 66.4 Å². The molecule has 4 aromatic rings. The number of terminal acetylenes is 1. The first-order valence-corrected chi connectivity index (χ1v) is 15.4. The lowest BCUT2D eigenvalue weighted by atomic mass is 9.95. The van der Waals surface area contributed by atoms with Crippen molar-refractivity contribution in [2.75, 3.05) is 37.7 Å². The van der Waals surface area contributed by atoms with Crippen LogP contribution in [0.15, 0.2) is 23.7 Å². The maximum absolute atomic E-state index is 16.6. The maximum atomic E-state index is 16.6. The van der Waals surface area contributed by atoms with Crippen LogP contribution < -0.4 is 15.0 Å². The summed E-state index contributed by atoms with van der Waals surface area (Å²) in [5.74, 6) is 1.46. The maximum Gasteiger partial charge on any atom is 0.319 e. The second kappa shape index (κ2) is 9.79. The van der Waals surface area contributed by atoms with Crippen molar-refractivity contribution in [2.45, 2.75) is 55.9 Å². The molecule has 3 aromatic heterocycles. The van der Waals surface area contributed by atoms with Gasteiger partial charge in [0.25, 0.3) is 0 Å². The van der Waals surface area contributed by atoms with E-state index in [-0.39, 0.29) is 46.9 Å². The van der Waals surface area contributed by atoms with Crippen molar-refractivity contribution in [3.05, 3.63) is 40.9 Å². The molecule has 1 N–H and O–H groups in total. The quantitative estimate of drug-likeness (QED) is 0.326. The number of fused-ring (bicyclic) bond motifs is 5. The first kappa shape index (κ1) is 26.2. The Hall–Kier alpha value is -3.46. The van der Waals surface area contributed by atoms with Gasteiger partial charge in [-0.3, -0.25) is 9.88 Å². The van der Waals surface area contributed by atoms with Crippen LogP contribution in [0, 0.1) is 24.0 Å². The van der Waals surface area contributed by atoms with Crippen LogP contribution in [0.2, 0.25) is 0 Å². The van der Waals surface area contributed by atoms with Crippen LogP contribution in [0.25, 0.3) is 32.2 Å². The van der Waals surface area contributed by atoms with E-state index in [1.54, 1.807) is 11.4 Å². The second-order valence-electron chi connectivity index (χ2n) is 12.0. The number of anilines is 1. The van der Waals surface area contributed by atoms with E-state index in [0.717, 1.165) is 36.9 Å². The fourth-order valence-corrected chi connectivity index (χ4v) is 8.47. The Labute approximate surface area is 245 Å². The summed E-state index contributed by atoms with van der Waals surface area (Å²) in [5.41, 5.74) is -0.0618. The minimum Gasteiger partial charge on any atom is -0.461 e. The Morgan fingerprint density at radius 3 is 2.83 bits per heavy atom. The van der Waals surface area contributed by atoms with Crippen molar-refractivity contribution in [1.82, 2.24) is 25.2 Å². The predicted molar refractivity (Wildman–Crippen MR) is 157 cm³/mol. The van der Waals surface area contributed by atoms with E-state index in [1.165, 1.54) is 23.6 Å². The van der Waals surface area contributed by atoms with E-state index in [0.29, 0.717) is 42.8 Å². The zero-order chi connectivity index (χ0) is 28.6. The highest BCUT2D eigenvalue weighted by molar-refractivity contribution is 7.17. The van der Waals surface area contributed by atoms with E-state index in [2.05, 4.69) is 31.0 Å². The normalized spacial score (nSPS) is 27.2. The van der Waals surface area contributed by atoms with Gasteiger partial charge in [0, 0.05) is 70.8 Å². The van der Waals surface area contributed by atoms with Gasteiger partial charge in [0.15, 0.2) is 5.82 Å². The Morgan fingerprint density at radius 2 is 2.02 bits per heavy atom. The Kier molecular flexibility index (Phi) is 6.11. The number of benzene rings is 1. The summed E-state index contributed by atoms with van der Waals surface area (Å²) in [6, 6.07) is 3.65. The minimum atomic E-state index is -0.901. The average molecular weight is 591 g/mol. The van der Waals surface area contributed by atoms with E-state index in [1.807, 2.05) is 0 Å². The van der Waals surface area contributed by atoms with Gasteiger partial charge in [-0.1, -0.05) is 5.92 Å². The molecule has 216 valence electrons. The Balaban J connectivity index is 1.27. The molecule has 2 unspecified atom stereocenters. The predicted octanol–water partition coefficient (Wildman–Crippen LogP) is 5.06. The summed E-state index contributed by atoms with van der Waals surface area (Å²) in [5, 5.41) is 6.20. The molecule has 4 saturated heterocycles. The number of halogens is 3. The van der Waals surface area contributed by atoms with Crippen molar-refractivity contribution in [2.24, 2.45) is 0 Å². The number of alkyl halides is 1. The molecule has 2 bridgehead atoms. The summed E-state index contributed by atoms with van der Waals surface area (Å²) in [6.07, 6.45) is 10.6. The number of piperazine rings is 1. The van der Waals surface area contributed by atoms with Gasteiger partial charge in [-0.2, -0.15) is 9.97 Å². The molecule has 4 aliphatic heterocycles. The Bertz CT molecular complexity index is 1760. The third-order valence-electron chi connectivity index (χ3n) is 9.47. The van der Waals surface area contributed by atoms with Crippen molar-refractivity contribution in [3.63, 3.8) is 0 Å². The number of pyridine rings is 1. The molecule has 4 atom stereocenters. The molecule has 0 amide bonds. The fraction of sp³-hybridized carbons (Fsp3) is 0.452. The summed E-state index contributed by atoms with van der Waals surface area (Å²) in [7, 11) is 0. The van der Waals surface area contributed by atoms with Crippen LogP contribution in [0.3, 0.4) is 0 Å². The van der Waals surface area contributed by atoms with Crippen LogP contribution >= 0.6 is 11.3 Å². The van der Waals surface area contributed by atoms with Crippen LogP contribution in [0.1, 0.15) is 37.7 Å². The molecule has 0 saturated carbocycles. The summed E-state index contributed by atoms with van der Waals surface area (Å²) in [4.78, 5) is 17.9. The van der Waals surface area contributed by atoms with Gasteiger partial charge in [-0.25, -0.2) is 13.2 Å². The van der Waals surface area contributed by atoms with Gasteiger partial charge in [-0.15, -0.1) is 17.8 Å². The van der Waals surface area contributed by atoms with Crippen molar-refractivity contribution >= 4 is 38.1 Å². The molecule has 11 heteroatoms. The van der Waals surface area contributed by atoms with Crippen LogP contribution in [0.4, 0.5) is 19.0 Å². The highest BCUT2D eigenvalue weighted by Gasteiger charge is 2.49. The molecule has 42 heavy (non-hydrogen) atoms. The van der Waals surface area contributed by atoms with E-state index < -0.39 is 23.3 Å². The molecule has 7 heterocycles. The number of hydrogen-bond acceptors (Lipinski definition) is 8. The SMILES string of the molecule is C#Cc1csc2ccnc(-c3c(F)cc4c(N5CC6CCC(C5)N6)nc(OC[C@@]56CCCN5C[C@H](F)C6)nc4c3F)c12. The molecule has 1 aromatic carbocycles. The Morgan fingerprint density at radius 1 is 1.19 bits per heavy atom. The third-order valence-corrected chi connectivity index (χ3v) is 10.4.